The second-order valence-corrected chi connectivity index (χ2v) is 6.23. The predicted molar refractivity (Wildman–Crippen MR) is 94.8 cm³/mol. The maximum Gasteiger partial charge on any atom is 0.119 e. The number of benzene rings is 1. The van der Waals surface area contributed by atoms with Crippen LogP contribution in [0, 0.1) is 0 Å². The summed E-state index contributed by atoms with van der Waals surface area (Å²) >= 11 is 1.74. The fraction of sp³-hybridized carbons (Fsp3) is 0.500. The molecule has 120 valence electrons. The first-order valence-electron chi connectivity index (χ1n) is 8.21. The van der Waals surface area contributed by atoms with Crippen molar-refractivity contribution in [1.29, 1.82) is 0 Å². The van der Waals surface area contributed by atoms with Crippen molar-refractivity contribution in [1.82, 2.24) is 10.3 Å². The summed E-state index contributed by atoms with van der Waals surface area (Å²) < 4.78 is 5.47. The van der Waals surface area contributed by atoms with E-state index >= 15 is 0 Å². The summed E-state index contributed by atoms with van der Waals surface area (Å²) in [6.07, 6.45) is 4.87. The monoisotopic (exact) mass is 318 g/mol. The van der Waals surface area contributed by atoms with E-state index in [-0.39, 0.29) is 0 Å². The molecule has 1 N–H and O–H groups in total. The molecule has 3 nitrogen and oxygen atoms in total. The molecule has 1 aromatic carbocycles. The maximum absolute atomic E-state index is 5.47. The largest absolute Gasteiger partial charge is 0.494 e. The predicted octanol–water partition coefficient (Wildman–Crippen LogP) is 4.53. The number of ether oxygens (including phenoxy) is 1. The lowest BCUT2D eigenvalue weighted by Gasteiger charge is -2.03. The first-order chi connectivity index (χ1) is 10.8. The number of hydrogen-bond acceptors (Lipinski definition) is 4. The molecule has 0 aliphatic carbocycles. The van der Waals surface area contributed by atoms with Gasteiger partial charge in [0.2, 0.25) is 0 Å². The number of unbranched alkanes of at least 4 members (excludes halogenated alkanes) is 2. The van der Waals surface area contributed by atoms with Crippen molar-refractivity contribution in [2.75, 3.05) is 19.7 Å². The van der Waals surface area contributed by atoms with Gasteiger partial charge in [-0.15, -0.1) is 11.3 Å². The van der Waals surface area contributed by atoms with E-state index < -0.39 is 0 Å². The number of hydrogen-bond donors (Lipinski definition) is 1. The summed E-state index contributed by atoms with van der Waals surface area (Å²) in [7, 11) is 0. The second kappa shape index (κ2) is 9.59. The molecular weight excluding hydrogens is 292 g/mol. The molecule has 0 saturated carbocycles. The van der Waals surface area contributed by atoms with Crippen LogP contribution in [0.3, 0.4) is 0 Å². The molecule has 0 radical (unpaired) electrons. The van der Waals surface area contributed by atoms with Gasteiger partial charge in [0.15, 0.2) is 0 Å². The van der Waals surface area contributed by atoms with Crippen LogP contribution in [-0.4, -0.2) is 24.7 Å². The molecular formula is C18H26N2OS. The third kappa shape index (κ3) is 5.43. The Kier molecular flexibility index (Phi) is 7.40. The van der Waals surface area contributed by atoms with Gasteiger partial charge in [0.25, 0.3) is 0 Å². The van der Waals surface area contributed by atoms with E-state index in [1.54, 1.807) is 11.3 Å². The first-order valence-corrected chi connectivity index (χ1v) is 9.09. The average Bonchev–Trinajstić information content (AvgIpc) is 3.01. The summed E-state index contributed by atoms with van der Waals surface area (Å²) in [6, 6.07) is 8.17. The molecule has 2 rings (SSSR count). The van der Waals surface area contributed by atoms with E-state index in [0.717, 1.165) is 36.5 Å². The molecule has 0 amide bonds. The van der Waals surface area contributed by atoms with E-state index in [9.17, 15) is 0 Å². The van der Waals surface area contributed by atoms with Gasteiger partial charge in [0, 0.05) is 23.9 Å². The summed E-state index contributed by atoms with van der Waals surface area (Å²) in [5.74, 6) is 0.915. The minimum Gasteiger partial charge on any atom is -0.494 e. The lowest BCUT2D eigenvalue weighted by molar-refractivity contribution is 0.340. The minimum absolute atomic E-state index is 0.700. The quantitative estimate of drug-likeness (QED) is 0.653. The fourth-order valence-corrected chi connectivity index (χ4v) is 3.07. The van der Waals surface area contributed by atoms with Gasteiger partial charge >= 0.3 is 0 Å². The van der Waals surface area contributed by atoms with Crippen LogP contribution < -0.4 is 10.1 Å². The highest BCUT2D eigenvalue weighted by atomic mass is 32.1. The van der Waals surface area contributed by atoms with Crippen molar-refractivity contribution in [3.63, 3.8) is 0 Å². The summed E-state index contributed by atoms with van der Waals surface area (Å²) in [4.78, 5) is 4.73. The van der Waals surface area contributed by atoms with Crippen molar-refractivity contribution < 1.29 is 4.74 Å². The molecule has 0 spiro atoms. The van der Waals surface area contributed by atoms with Crippen LogP contribution in [0.1, 0.15) is 38.1 Å². The molecule has 0 aliphatic rings. The lowest BCUT2D eigenvalue weighted by atomic mass is 10.2. The highest BCUT2D eigenvalue weighted by Gasteiger charge is 2.05. The number of rotatable bonds is 10. The summed E-state index contributed by atoms with van der Waals surface area (Å²) in [5.41, 5.74) is 2.22. The Morgan fingerprint density at radius 2 is 1.91 bits per heavy atom. The molecule has 0 aliphatic heterocycles. The van der Waals surface area contributed by atoms with Gasteiger partial charge in [0.05, 0.1) is 17.3 Å². The standard InChI is InChI=1S/C18H26N2OS/c1-3-5-6-12-19-13-11-18-20-17(14-22-18)15-7-9-16(10-8-15)21-4-2/h7-10,14,19H,3-6,11-13H2,1-2H3. The molecule has 0 atom stereocenters. The van der Waals surface area contributed by atoms with Gasteiger partial charge in [0.1, 0.15) is 5.75 Å². The normalized spacial score (nSPS) is 10.8. The smallest absolute Gasteiger partial charge is 0.119 e. The van der Waals surface area contributed by atoms with Crippen molar-refractivity contribution in [2.24, 2.45) is 0 Å². The van der Waals surface area contributed by atoms with E-state index in [4.69, 9.17) is 9.72 Å². The summed E-state index contributed by atoms with van der Waals surface area (Å²) in [6.45, 7) is 7.06. The molecule has 2 aromatic rings. The van der Waals surface area contributed by atoms with E-state index in [2.05, 4.69) is 29.8 Å². The highest BCUT2D eigenvalue weighted by Crippen LogP contribution is 2.24. The Balaban J connectivity index is 1.80. The number of thiazole rings is 1. The molecule has 1 heterocycles. The molecule has 0 saturated heterocycles. The number of nitrogens with zero attached hydrogens (tertiary/aromatic N) is 1. The highest BCUT2D eigenvalue weighted by molar-refractivity contribution is 7.09. The fourth-order valence-electron chi connectivity index (χ4n) is 2.27. The van der Waals surface area contributed by atoms with Crippen LogP contribution >= 0.6 is 11.3 Å². The zero-order valence-electron chi connectivity index (χ0n) is 13.6. The third-order valence-electron chi connectivity index (χ3n) is 3.49. The van der Waals surface area contributed by atoms with Crippen molar-refractivity contribution in [3.05, 3.63) is 34.7 Å². The molecule has 1 aromatic heterocycles. The van der Waals surface area contributed by atoms with Gasteiger partial charge in [-0.3, -0.25) is 0 Å². The van der Waals surface area contributed by atoms with Crippen LogP contribution in [0.15, 0.2) is 29.6 Å². The molecule has 4 heteroatoms. The lowest BCUT2D eigenvalue weighted by Crippen LogP contribution is -2.18. The molecule has 0 unspecified atom stereocenters. The Hall–Kier alpha value is -1.39. The Morgan fingerprint density at radius 1 is 1.09 bits per heavy atom. The van der Waals surface area contributed by atoms with Gasteiger partial charge in [-0.1, -0.05) is 19.8 Å². The van der Waals surface area contributed by atoms with Gasteiger partial charge in [-0.05, 0) is 44.2 Å². The molecule has 0 bridgehead atoms. The van der Waals surface area contributed by atoms with E-state index in [0.29, 0.717) is 6.61 Å². The number of nitrogens with one attached hydrogen (secondary N) is 1. The van der Waals surface area contributed by atoms with Crippen LogP contribution in [-0.2, 0) is 6.42 Å². The molecule has 0 fully saturated rings. The Bertz CT molecular complexity index is 536. The average molecular weight is 318 g/mol. The topological polar surface area (TPSA) is 34.2 Å². The van der Waals surface area contributed by atoms with Crippen LogP contribution in [0.25, 0.3) is 11.3 Å². The van der Waals surface area contributed by atoms with E-state index in [1.165, 1.54) is 24.3 Å². The molecule has 22 heavy (non-hydrogen) atoms. The van der Waals surface area contributed by atoms with Crippen LogP contribution in [0.5, 0.6) is 5.75 Å². The van der Waals surface area contributed by atoms with Crippen molar-refractivity contribution >= 4 is 11.3 Å². The first kappa shape index (κ1) is 17.0. The second-order valence-electron chi connectivity index (χ2n) is 5.29. The third-order valence-corrected chi connectivity index (χ3v) is 4.39. The van der Waals surface area contributed by atoms with E-state index in [1.807, 2.05) is 19.1 Å². The van der Waals surface area contributed by atoms with Crippen LogP contribution in [0.4, 0.5) is 0 Å². The Morgan fingerprint density at radius 3 is 2.64 bits per heavy atom. The minimum atomic E-state index is 0.700. The van der Waals surface area contributed by atoms with Crippen molar-refractivity contribution in [3.8, 4) is 17.0 Å². The van der Waals surface area contributed by atoms with Crippen LogP contribution in [0.2, 0.25) is 0 Å². The zero-order chi connectivity index (χ0) is 15.6. The van der Waals surface area contributed by atoms with Crippen molar-refractivity contribution in [2.45, 2.75) is 39.5 Å². The zero-order valence-corrected chi connectivity index (χ0v) is 14.4. The summed E-state index contributed by atoms with van der Waals surface area (Å²) in [5, 5.41) is 6.83. The SMILES string of the molecule is CCCCCNCCc1nc(-c2ccc(OCC)cc2)cs1. The Labute approximate surface area is 137 Å². The van der Waals surface area contributed by atoms with Gasteiger partial charge in [-0.2, -0.15) is 0 Å². The maximum atomic E-state index is 5.47. The van der Waals surface area contributed by atoms with Gasteiger partial charge < -0.3 is 10.1 Å². The van der Waals surface area contributed by atoms with Gasteiger partial charge in [-0.25, -0.2) is 4.98 Å². The number of aromatic nitrogens is 1.